The molecule has 0 saturated heterocycles. The summed E-state index contributed by atoms with van der Waals surface area (Å²) in [5.74, 6) is -0.234. The van der Waals surface area contributed by atoms with Crippen LogP contribution in [0.15, 0.2) is 74.6 Å². The maximum atomic E-state index is 11.1. The molecule has 0 aliphatic rings. The molecule has 0 spiro atoms. The zero-order valence-corrected chi connectivity index (χ0v) is 20.9. The number of nitrogens with zero attached hydrogens (tertiary/aromatic N) is 2. The Hall–Kier alpha value is -0.860. The van der Waals surface area contributed by atoms with E-state index in [9.17, 15) is 31.0 Å². The number of phenols is 1. The molecule has 1 N–H and O–H groups in total. The Labute approximate surface area is 213 Å². The van der Waals surface area contributed by atoms with E-state index in [1.807, 2.05) is 0 Å². The van der Waals surface area contributed by atoms with Gasteiger partial charge in [-0.2, -0.15) is 5.11 Å². The summed E-state index contributed by atoms with van der Waals surface area (Å²) in [6.45, 7) is 0. The van der Waals surface area contributed by atoms with Crippen LogP contribution in [-0.2, 0) is 20.2 Å². The van der Waals surface area contributed by atoms with Crippen molar-refractivity contribution in [3.63, 3.8) is 0 Å². The fraction of sp³-hybridized carbons (Fsp3) is 0. The number of benzene rings is 3. The number of aromatic hydroxyl groups is 1. The van der Waals surface area contributed by atoms with Gasteiger partial charge in [0.2, 0.25) is 0 Å². The summed E-state index contributed by atoms with van der Waals surface area (Å²) in [5.41, 5.74) is 0.250. The predicted octanol–water partition coefficient (Wildman–Crippen LogP) is -3.00. The third-order valence-corrected chi connectivity index (χ3v) is 5.30. The first-order valence-electron chi connectivity index (χ1n) is 7.25. The van der Waals surface area contributed by atoms with Crippen molar-refractivity contribution in [3.05, 3.63) is 54.6 Å². The summed E-state index contributed by atoms with van der Waals surface area (Å²) in [5, 5.41) is 18.5. The minimum atomic E-state index is -4.63. The molecule has 9 nitrogen and oxygen atoms in total. The zero-order valence-electron chi connectivity index (χ0n) is 17.3. The van der Waals surface area contributed by atoms with E-state index in [2.05, 4.69) is 10.2 Å². The van der Waals surface area contributed by atoms with Gasteiger partial charge < -0.3 is 17.1 Å². The fourth-order valence-electron chi connectivity index (χ4n) is 2.33. The molecule has 3 aromatic rings. The van der Waals surface area contributed by atoms with Crippen molar-refractivity contribution in [2.75, 3.05) is 0 Å². The van der Waals surface area contributed by atoms with E-state index in [-0.39, 0.29) is 79.1 Å². The Morgan fingerprint density at radius 3 is 1.86 bits per heavy atom. The molecule has 144 valence electrons. The van der Waals surface area contributed by atoms with Crippen LogP contribution in [0.2, 0.25) is 0 Å². The van der Waals surface area contributed by atoms with Crippen LogP contribution in [0.25, 0.3) is 10.8 Å². The van der Waals surface area contributed by atoms with Crippen LogP contribution in [0.3, 0.4) is 0 Å². The summed E-state index contributed by atoms with van der Waals surface area (Å²) in [4.78, 5) is -0.834. The van der Waals surface area contributed by atoms with E-state index in [0.29, 0.717) is 10.8 Å². The second-order valence-electron chi connectivity index (χ2n) is 5.42. The Morgan fingerprint density at radius 1 is 0.759 bits per heavy atom. The fourth-order valence-corrected chi connectivity index (χ4v) is 3.30. The van der Waals surface area contributed by atoms with E-state index in [1.54, 1.807) is 0 Å². The summed E-state index contributed by atoms with van der Waals surface area (Å²) in [6, 6.07) is 10.9. The smallest absolute Gasteiger partial charge is 1.00 e. The number of azo groups is 1. The first kappa shape index (κ1) is 26.2. The molecular formula is C16H12N2Na2O7S2-2. The van der Waals surface area contributed by atoms with Gasteiger partial charge in [-0.1, -0.05) is 12.1 Å². The number of rotatable bonds is 4. The van der Waals surface area contributed by atoms with Crippen LogP contribution in [0.4, 0.5) is 11.4 Å². The Bertz CT molecular complexity index is 1290. The van der Waals surface area contributed by atoms with Gasteiger partial charge >= 0.3 is 59.1 Å². The van der Waals surface area contributed by atoms with Crippen LogP contribution in [0.1, 0.15) is 2.85 Å². The van der Waals surface area contributed by atoms with E-state index in [1.165, 1.54) is 30.3 Å². The first-order valence-corrected chi connectivity index (χ1v) is 10.1. The van der Waals surface area contributed by atoms with Crippen molar-refractivity contribution in [1.29, 1.82) is 0 Å². The summed E-state index contributed by atoms with van der Waals surface area (Å²) < 4.78 is 66.1. The third-order valence-electron chi connectivity index (χ3n) is 3.62. The molecule has 0 amide bonds. The second-order valence-corrected chi connectivity index (χ2v) is 8.18. The standard InChI is InChI=1S/C16H12N2O7S2.2Na.2H/c19-15-8-1-10-9-13(27(23,24)25)6-7-14(10)16(15)18-17-11-2-4-12(5-3-11)26(20,21)22;;;;/h1-9,19H,(H,20,21,22)(H,23,24,25);;;;/q;2*+1;2*-1/p-2. The predicted molar refractivity (Wildman–Crippen MR) is 94.4 cm³/mol. The van der Waals surface area contributed by atoms with E-state index < -0.39 is 30.0 Å². The van der Waals surface area contributed by atoms with Gasteiger partial charge in [0.1, 0.15) is 31.7 Å². The minimum Gasteiger partial charge on any atom is -1.00 e. The summed E-state index contributed by atoms with van der Waals surface area (Å²) in [7, 11) is -9.21. The van der Waals surface area contributed by atoms with Gasteiger partial charge in [-0.15, -0.1) is 5.11 Å². The number of fused-ring (bicyclic) bond motifs is 1. The van der Waals surface area contributed by atoms with Crippen LogP contribution < -0.4 is 59.1 Å². The van der Waals surface area contributed by atoms with Gasteiger partial charge in [0.05, 0.1) is 15.5 Å². The number of hydrogen-bond acceptors (Lipinski definition) is 9. The van der Waals surface area contributed by atoms with Crippen molar-refractivity contribution in [1.82, 2.24) is 0 Å². The molecule has 0 saturated carbocycles. The Balaban J connectivity index is 0. The molecular weight excluding hydrogens is 442 g/mol. The molecule has 0 bridgehead atoms. The molecule has 3 aromatic carbocycles. The van der Waals surface area contributed by atoms with E-state index in [0.717, 1.165) is 24.3 Å². The zero-order chi connectivity index (χ0) is 19.8. The van der Waals surface area contributed by atoms with Gasteiger partial charge in [0.15, 0.2) is 0 Å². The van der Waals surface area contributed by atoms with Crippen LogP contribution in [-0.4, -0.2) is 31.0 Å². The quantitative estimate of drug-likeness (QED) is 0.250. The van der Waals surface area contributed by atoms with Gasteiger partial charge in [0.25, 0.3) is 0 Å². The molecule has 29 heavy (non-hydrogen) atoms. The second kappa shape index (κ2) is 9.96. The SMILES string of the molecule is O=S(=O)([O-])c1ccc(N=Nc2c(O)ccc3cc(S(=O)(=O)[O-])ccc23)cc1.[H-].[H-].[Na+].[Na+]. The molecule has 0 aliphatic heterocycles. The molecule has 0 heterocycles. The molecule has 0 radical (unpaired) electrons. The molecule has 13 heteroatoms. The molecule has 0 aliphatic carbocycles. The topological polar surface area (TPSA) is 159 Å². The van der Waals surface area contributed by atoms with Crippen molar-refractivity contribution in [2.45, 2.75) is 9.79 Å². The van der Waals surface area contributed by atoms with E-state index >= 15 is 0 Å². The first-order chi connectivity index (χ1) is 12.6. The summed E-state index contributed by atoms with van der Waals surface area (Å²) in [6.07, 6.45) is 0. The molecule has 0 aromatic heterocycles. The van der Waals surface area contributed by atoms with E-state index in [4.69, 9.17) is 0 Å². The third kappa shape index (κ3) is 6.31. The Morgan fingerprint density at radius 2 is 1.31 bits per heavy atom. The normalized spacial score (nSPS) is 11.8. The minimum absolute atomic E-state index is 0. The number of phenolic OH excluding ortho intramolecular Hbond substituents is 1. The average Bonchev–Trinajstić information content (AvgIpc) is 2.59. The van der Waals surface area contributed by atoms with Crippen molar-refractivity contribution in [3.8, 4) is 5.75 Å². The molecule has 0 atom stereocenters. The van der Waals surface area contributed by atoms with Gasteiger partial charge in [0, 0.05) is 5.39 Å². The van der Waals surface area contributed by atoms with Gasteiger partial charge in [-0.3, -0.25) is 0 Å². The maximum Gasteiger partial charge on any atom is 1.00 e. The summed E-state index contributed by atoms with van der Waals surface area (Å²) >= 11 is 0. The van der Waals surface area contributed by atoms with Gasteiger partial charge in [-0.25, -0.2) is 16.8 Å². The van der Waals surface area contributed by atoms with Crippen LogP contribution in [0, 0.1) is 0 Å². The molecule has 0 unspecified atom stereocenters. The van der Waals surface area contributed by atoms with Crippen molar-refractivity contribution in [2.24, 2.45) is 10.2 Å². The maximum absolute atomic E-state index is 11.1. The Kier molecular flexibility index (Phi) is 8.99. The van der Waals surface area contributed by atoms with Crippen LogP contribution >= 0.6 is 0 Å². The largest absolute Gasteiger partial charge is 1.00 e. The number of hydrogen-bond donors (Lipinski definition) is 1. The van der Waals surface area contributed by atoms with Gasteiger partial charge in [-0.05, 0) is 47.9 Å². The van der Waals surface area contributed by atoms with Crippen molar-refractivity contribution >= 4 is 42.4 Å². The van der Waals surface area contributed by atoms with Crippen LogP contribution in [0.5, 0.6) is 5.75 Å². The molecule has 3 rings (SSSR count). The molecule has 0 fully saturated rings. The van der Waals surface area contributed by atoms with Crippen molar-refractivity contribution < 1.29 is 93.0 Å². The average molecular weight is 454 g/mol. The monoisotopic (exact) mass is 454 g/mol.